The number of nitrogens with zero attached hydrogens (tertiary/aromatic N) is 5. The lowest BCUT2D eigenvalue weighted by Gasteiger charge is -2.12. The van der Waals surface area contributed by atoms with E-state index in [1.807, 2.05) is 23.3 Å². The first-order valence-corrected chi connectivity index (χ1v) is 5.88. The first-order chi connectivity index (χ1) is 8.27. The Hall–Kier alpha value is -1.85. The van der Waals surface area contributed by atoms with E-state index < -0.39 is 0 Å². The monoisotopic (exact) mass is 234 g/mol. The molecule has 0 radical (unpaired) electrons. The van der Waals surface area contributed by atoms with Gasteiger partial charge in [0.25, 0.3) is 0 Å². The Morgan fingerprint density at radius 3 is 2.88 bits per heavy atom. The Morgan fingerprint density at radius 1 is 1.29 bits per heavy atom. The van der Waals surface area contributed by atoms with Crippen LogP contribution in [-0.2, 0) is 6.54 Å². The minimum Gasteiger partial charge on any atom is -0.356 e. The first-order valence-electron chi connectivity index (χ1n) is 5.88. The summed E-state index contributed by atoms with van der Waals surface area (Å²) in [4.78, 5) is 4.29. The zero-order valence-corrected chi connectivity index (χ0v) is 10.2. The molecule has 92 valence electrons. The van der Waals surface area contributed by atoms with Crippen molar-refractivity contribution in [3.63, 3.8) is 0 Å². The molecule has 0 aromatic carbocycles. The van der Waals surface area contributed by atoms with Gasteiger partial charge < -0.3 is 9.88 Å². The normalized spacial score (nSPS) is 11.0. The largest absolute Gasteiger partial charge is 0.356 e. The van der Waals surface area contributed by atoms with E-state index in [2.05, 4.69) is 39.0 Å². The van der Waals surface area contributed by atoms with Crippen molar-refractivity contribution in [2.24, 2.45) is 0 Å². The van der Waals surface area contributed by atoms with Gasteiger partial charge in [-0.05, 0) is 20.3 Å². The summed E-state index contributed by atoms with van der Waals surface area (Å²) < 4.78 is 3.95. The Morgan fingerprint density at radius 2 is 2.18 bits per heavy atom. The molecule has 6 nitrogen and oxygen atoms in total. The summed E-state index contributed by atoms with van der Waals surface area (Å²) in [6, 6.07) is 0.426. The van der Waals surface area contributed by atoms with Crippen molar-refractivity contribution in [1.29, 1.82) is 0 Å². The molecule has 2 rings (SSSR count). The van der Waals surface area contributed by atoms with Crippen LogP contribution in [0.4, 0.5) is 5.95 Å². The molecule has 0 aliphatic heterocycles. The van der Waals surface area contributed by atoms with Crippen molar-refractivity contribution < 1.29 is 0 Å². The Balaban J connectivity index is 1.76. The molecule has 0 unspecified atom stereocenters. The van der Waals surface area contributed by atoms with Crippen molar-refractivity contribution in [2.75, 3.05) is 11.9 Å². The lowest BCUT2D eigenvalue weighted by molar-refractivity contribution is 0.564. The molecule has 2 aromatic heterocycles. The number of hydrogen-bond acceptors (Lipinski definition) is 4. The third-order valence-corrected chi connectivity index (χ3v) is 2.54. The number of imidazole rings is 1. The summed E-state index contributed by atoms with van der Waals surface area (Å²) in [6.45, 7) is 6.03. The van der Waals surface area contributed by atoms with Crippen LogP contribution in [0.2, 0.25) is 0 Å². The van der Waals surface area contributed by atoms with Gasteiger partial charge in [-0.3, -0.25) is 4.68 Å². The van der Waals surface area contributed by atoms with Gasteiger partial charge >= 0.3 is 0 Å². The summed E-state index contributed by atoms with van der Waals surface area (Å²) in [5.74, 6) is 0.929. The molecule has 0 amide bonds. The Kier molecular flexibility index (Phi) is 3.74. The molecule has 2 heterocycles. The number of nitrogens with one attached hydrogen (secondary N) is 1. The second-order valence-electron chi connectivity index (χ2n) is 4.20. The molecule has 0 bridgehead atoms. The third kappa shape index (κ3) is 3.05. The van der Waals surface area contributed by atoms with E-state index in [1.165, 1.54) is 0 Å². The molecule has 1 N–H and O–H groups in total. The van der Waals surface area contributed by atoms with Gasteiger partial charge in [-0.25, -0.2) is 4.98 Å². The number of aryl methyl sites for hydroxylation is 1. The zero-order chi connectivity index (χ0) is 12.1. The van der Waals surface area contributed by atoms with Crippen molar-refractivity contribution in [2.45, 2.75) is 32.9 Å². The van der Waals surface area contributed by atoms with E-state index in [-0.39, 0.29) is 0 Å². The van der Waals surface area contributed by atoms with Crippen molar-refractivity contribution in [1.82, 2.24) is 24.5 Å². The summed E-state index contributed by atoms with van der Waals surface area (Å²) >= 11 is 0. The molecule has 0 atom stereocenters. The molecule has 0 aliphatic rings. The summed E-state index contributed by atoms with van der Waals surface area (Å²) in [5.41, 5.74) is 0. The Bertz CT molecular complexity index is 431. The fourth-order valence-corrected chi connectivity index (χ4v) is 1.66. The van der Waals surface area contributed by atoms with Gasteiger partial charge in [0.2, 0.25) is 5.95 Å². The van der Waals surface area contributed by atoms with Crippen LogP contribution >= 0.6 is 0 Å². The van der Waals surface area contributed by atoms with Gasteiger partial charge in [-0.15, -0.1) is 5.10 Å². The second-order valence-corrected chi connectivity index (χ2v) is 4.20. The minimum absolute atomic E-state index is 0.426. The zero-order valence-electron chi connectivity index (χ0n) is 10.2. The maximum atomic E-state index is 4.29. The van der Waals surface area contributed by atoms with E-state index in [9.17, 15) is 0 Å². The van der Waals surface area contributed by atoms with Crippen LogP contribution in [0.5, 0.6) is 0 Å². The van der Waals surface area contributed by atoms with Gasteiger partial charge in [0.1, 0.15) is 0 Å². The maximum Gasteiger partial charge on any atom is 0.203 e. The molecule has 0 aliphatic carbocycles. The van der Waals surface area contributed by atoms with E-state index in [0.717, 1.165) is 25.5 Å². The van der Waals surface area contributed by atoms with Gasteiger partial charge in [-0.1, -0.05) is 5.21 Å². The van der Waals surface area contributed by atoms with Crippen LogP contribution in [0, 0.1) is 0 Å². The fourth-order valence-electron chi connectivity index (χ4n) is 1.66. The smallest absolute Gasteiger partial charge is 0.203 e. The topological polar surface area (TPSA) is 60.6 Å². The molecular weight excluding hydrogens is 216 g/mol. The first kappa shape index (κ1) is 11.6. The average Bonchev–Trinajstić information content (AvgIpc) is 2.95. The molecule has 0 fully saturated rings. The Labute approximate surface area is 101 Å². The average molecular weight is 234 g/mol. The summed E-state index contributed by atoms with van der Waals surface area (Å²) in [5, 5.41) is 11.0. The lowest BCUT2D eigenvalue weighted by atomic mass is 10.4. The van der Waals surface area contributed by atoms with E-state index in [0.29, 0.717) is 6.04 Å². The van der Waals surface area contributed by atoms with E-state index >= 15 is 0 Å². The third-order valence-electron chi connectivity index (χ3n) is 2.54. The molecule has 2 aromatic rings. The lowest BCUT2D eigenvalue weighted by Crippen LogP contribution is -2.12. The molecule has 6 heteroatoms. The van der Waals surface area contributed by atoms with Crippen LogP contribution in [0.1, 0.15) is 26.3 Å². The van der Waals surface area contributed by atoms with Gasteiger partial charge in [0.05, 0.1) is 6.20 Å². The van der Waals surface area contributed by atoms with E-state index in [4.69, 9.17) is 0 Å². The van der Waals surface area contributed by atoms with Crippen LogP contribution < -0.4 is 5.32 Å². The van der Waals surface area contributed by atoms with Gasteiger partial charge in [0, 0.05) is 37.7 Å². The number of hydrogen-bond donors (Lipinski definition) is 1. The van der Waals surface area contributed by atoms with Crippen molar-refractivity contribution in [3.05, 3.63) is 24.8 Å². The highest BCUT2D eigenvalue weighted by Gasteiger charge is 2.04. The highest BCUT2D eigenvalue weighted by Crippen LogP contribution is 2.11. The predicted molar refractivity (Wildman–Crippen MR) is 65.7 cm³/mol. The van der Waals surface area contributed by atoms with Gasteiger partial charge in [-0.2, -0.15) is 0 Å². The van der Waals surface area contributed by atoms with Crippen LogP contribution in [-0.4, -0.2) is 31.1 Å². The van der Waals surface area contributed by atoms with Crippen molar-refractivity contribution >= 4 is 5.95 Å². The quantitative estimate of drug-likeness (QED) is 0.770. The highest BCUT2D eigenvalue weighted by molar-refractivity contribution is 5.26. The summed E-state index contributed by atoms with van der Waals surface area (Å²) in [7, 11) is 0. The summed E-state index contributed by atoms with van der Waals surface area (Å²) in [6.07, 6.45) is 8.37. The highest BCUT2D eigenvalue weighted by atomic mass is 15.4. The van der Waals surface area contributed by atoms with E-state index in [1.54, 1.807) is 6.20 Å². The van der Waals surface area contributed by atoms with Gasteiger partial charge in [0.15, 0.2) is 0 Å². The van der Waals surface area contributed by atoms with Crippen LogP contribution in [0.15, 0.2) is 24.8 Å². The predicted octanol–water partition coefficient (Wildman–Crippen LogP) is 1.56. The maximum absolute atomic E-state index is 4.29. The molecule has 0 spiro atoms. The SMILES string of the molecule is CC(C)n1ccnc1NCCCn1ccnn1. The molecule has 17 heavy (non-hydrogen) atoms. The molecular formula is C11H18N6. The number of rotatable bonds is 6. The number of aromatic nitrogens is 5. The van der Waals surface area contributed by atoms with Crippen molar-refractivity contribution in [3.8, 4) is 0 Å². The number of anilines is 1. The van der Waals surface area contributed by atoms with Crippen LogP contribution in [0.3, 0.4) is 0 Å². The fraction of sp³-hybridized carbons (Fsp3) is 0.545. The second kappa shape index (κ2) is 5.47. The molecule has 0 saturated heterocycles. The molecule has 0 saturated carbocycles. The minimum atomic E-state index is 0.426. The van der Waals surface area contributed by atoms with Crippen LogP contribution in [0.25, 0.3) is 0 Å². The standard InChI is InChI=1S/C11H18N6/c1-10(2)17-9-5-13-11(17)12-4-3-7-16-8-6-14-15-16/h5-6,8-10H,3-4,7H2,1-2H3,(H,12,13).